The van der Waals surface area contributed by atoms with Crippen molar-refractivity contribution >= 4 is 11.3 Å². The highest BCUT2D eigenvalue weighted by atomic mass is 32.1. The van der Waals surface area contributed by atoms with Crippen LogP contribution in [-0.2, 0) is 19.3 Å². The first-order valence-electron chi connectivity index (χ1n) is 5.94. The summed E-state index contributed by atoms with van der Waals surface area (Å²) in [7, 11) is 0. The number of benzene rings is 1. The quantitative estimate of drug-likeness (QED) is 0.851. The van der Waals surface area contributed by atoms with Crippen molar-refractivity contribution in [1.82, 2.24) is 10.2 Å². The monoisotopic (exact) mass is 247 g/mol. The van der Waals surface area contributed by atoms with E-state index < -0.39 is 0 Å². The fraction of sp³-hybridized carbons (Fsp3) is 0.385. The molecule has 0 radical (unpaired) electrons. The van der Waals surface area contributed by atoms with Gasteiger partial charge in [-0.1, -0.05) is 30.3 Å². The van der Waals surface area contributed by atoms with E-state index in [-0.39, 0.29) is 0 Å². The number of rotatable bonds is 6. The number of nitrogens with zero attached hydrogens (tertiary/aromatic N) is 2. The number of hydrogen-bond acceptors (Lipinski definition) is 4. The Morgan fingerprint density at radius 2 is 1.65 bits per heavy atom. The molecular weight excluding hydrogens is 230 g/mol. The maximum atomic E-state index is 5.47. The first kappa shape index (κ1) is 12.2. The largest absolute Gasteiger partial charge is 0.330 e. The van der Waals surface area contributed by atoms with Gasteiger partial charge in [0.2, 0.25) is 0 Å². The summed E-state index contributed by atoms with van der Waals surface area (Å²) in [4.78, 5) is 0. The van der Waals surface area contributed by atoms with Crippen LogP contribution in [0.1, 0.15) is 22.0 Å². The molecule has 3 nitrogen and oxygen atoms in total. The molecule has 0 amide bonds. The highest BCUT2D eigenvalue weighted by Gasteiger charge is 2.03. The SMILES string of the molecule is NCCCc1nnc(CCc2ccccc2)s1. The second-order valence-corrected chi connectivity index (χ2v) is 5.11. The van der Waals surface area contributed by atoms with Gasteiger partial charge in [-0.2, -0.15) is 0 Å². The summed E-state index contributed by atoms with van der Waals surface area (Å²) in [5.74, 6) is 0. The van der Waals surface area contributed by atoms with Gasteiger partial charge in [0.25, 0.3) is 0 Å². The molecule has 1 aromatic carbocycles. The molecule has 2 N–H and O–H groups in total. The smallest absolute Gasteiger partial charge is 0.117 e. The number of hydrogen-bond donors (Lipinski definition) is 1. The highest BCUT2D eigenvalue weighted by molar-refractivity contribution is 7.11. The predicted octanol–water partition coefficient (Wildman–Crippen LogP) is 2.21. The Kier molecular flexibility index (Phi) is 4.64. The fourth-order valence-corrected chi connectivity index (χ4v) is 2.53. The lowest BCUT2D eigenvalue weighted by Gasteiger charge is -1.97. The van der Waals surface area contributed by atoms with Crippen LogP contribution in [-0.4, -0.2) is 16.7 Å². The van der Waals surface area contributed by atoms with Gasteiger partial charge in [-0.3, -0.25) is 0 Å². The molecule has 1 heterocycles. The lowest BCUT2D eigenvalue weighted by Crippen LogP contribution is -1.99. The van der Waals surface area contributed by atoms with E-state index in [0.29, 0.717) is 0 Å². The molecule has 0 aliphatic carbocycles. The summed E-state index contributed by atoms with van der Waals surface area (Å²) in [5, 5.41) is 10.6. The lowest BCUT2D eigenvalue weighted by molar-refractivity contribution is 0.806. The van der Waals surface area contributed by atoms with Crippen molar-refractivity contribution in [1.29, 1.82) is 0 Å². The maximum absolute atomic E-state index is 5.47. The Morgan fingerprint density at radius 3 is 2.35 bits per heavy atom. The summed E-state index contributed by atoms with van der Waals surface area (Å²) in [6, 6.07) is 10.5. The van der Waals surface area contributed by atoms with Crippen molar-refractivity contribution in [2.45, 2.75) is 25.7 Å². The summed E-state index contributed by atoms with van der Waals surface area (Å²) >= 11 is 1.71. The van der Waals surface area contributed by atoms with Crippen LogP contribution in [0.2, 0.25) is 0 Å². The molecule has 0 saturated heterocycles. The van der Waals surface area contributed by atoms with E-state index in [1.165, 1.54) is 5.56 Å². The summed E-state index contributed by atoms with van der Waals surface area (Å²) in [5.41, 5.74) is 6.83. The third kappa shape index (κ3) is 3.91. The molecule has 90 valence electrons. The minimum absolute atomic E-state index is 0.721. The number of aryl methyl sites for hydroxylation is 3. The molecule has 17 heavy (non-hydrogen) atoms. The molecule has 0 fully saturated rings. The van der Waals surface area contributed by atoms with E-state index in [2.05, 4.69) is 34.5 Å². The molecule has 0 atom stereocenters. The molecule has 0 unspecified atom stereocenters. The van der Waals surface area contributed by atoms with E-state index in [9.17, 15) is 0 Å². The molecular formula is C13H17N3S. The Hall–Kier alpha value is -1.26. The van der Waals surface area contributed by atoms with Gasteiger partial charge in [0.15, 0.2) is 0 Å². The van der Waals surface area contributed by atoms with Gasteiger partial charge >= 0.3 is 0 Å². The molecule has 0 saturated carbocycles. The van der Waals surface area contributed by atoms with Crippen molar-refractivity contribution < 1.29 is 0 Å². The van der Waals surface area contributed by atoms with Crippen LogP contribution < -0.4 is 5.73 Å². The zero-order valence-electron chi connectivity index (χ0n) is 9.80. The van der Waals surface area contributed by atoms with Crippen molar-refractivity contribution in [3.8, 4) is 0 Å². The average molecular weight is 247 g/mol. The maximum Gasteiger partial charge on any atom is 0.117 e. The Labute approximate surface area is 106 Å². The van der Waals surface area contributed by atoms with Crippen LogP contribution in [0.15, 0.2) is 30.3 Å². The summed E-state index contributed by atoms with van der Waals surface area (Å²) < 4.78 is 0. The fourth-order valence-electron chi connectivity index (χ4n) is 1.64. The second-order valence-electron chi connectivity index (χ2n) is 3.97. The third-order valence-corrected chi connectivity index (χ3v) is 3.62. The first-order valence-corrected chi connectivity index (χ1v) is 6.75. The van der Waals surface area contributed by atoms with E-state index in [1.54, 1.807) is 11.3 Å². The zero-order valence-corrected chi connectivity index (χ0v) is 10.6. The molecule has 4 heteroatoms. The van der Waals surface area contributed by atoms with Crippen LogP contribution in [0.5, 0.6) is 0 Å². The van der Waals surface area contributed by atoms with Crippen molar-refractivity contribution in [3.05, 3.63) is 45.9 Å². The Balaban J connectivity index is 1.85. The highest BCUT2D eigenvalue weighted by Crippen LogP contribution is 2.14. The molecule has 0 aliphatic rings. The summed E-state index contributed by atoms with van der Waals surface area (Å²) in [6.45, 7) is 0.721. The molecule has 2 rings (SSSR count). The van der Waals surface area contributed by atoms with E-state index in [1.807, 2.05) is 6.07 Å². The zero-order chi connectivity index (χ0) is 11.9. The van der Waals surface area contributed by atoms with Crippen LogP contribution in [0.3, 0.4) is 0 Å². The van der Waals surface area contributed by atoms with Gasteiger partial charge in [-0.15, -0.1) is 21.5 Å². The van der Waals surface area contributed by atoms with Crippen molar-refractivity contribution in [3.63, 3.8) is 0 Å². The Bertz CT molecular complexity index is 439. The topological polar surface area (TPSA) is 51.8 Å². The minimum atomic E-state index is 0.721. The van der Waals surface area contributed by atoms with E-state index in [0.717, 1.165) is 42.2 Å². The number of aromatic nitrogens is 2. The van der Waals surface area contributed by atoms with Gasteiger partial charge in [-0.25, -0.2) is 0 Å². The van der Waals surface area contributed by atoms with Gasteiger partial charge in [0, 0.05) is 12.8 Å². The lowest BCUT2D eigenvalue weighted by atomic mass is 10.1. The molecule has 2 aromatic rings. The number of nitrogens with two attached hydrogens (primary N) is 1. The van der Waals surface area contributed by atoms with Gasteiger partial charge in [-0.05, 0) is 24.9 Å². The third-order valence-electron chi connectivity index (χ3n) is 2.57. The molecule has 0 aliphatic heterocycles. The van der Waals surface area contributed by atoms with Gasteiger partial charge in [0.1, 0.15) is 10.0 Å². The van der Waals surface area contributed by atoms with E-state index >= 15 is 0 Å². The van der Waals surface area contributed by atoms with Gasteiger partial charge in [0.05, 0.1) is 0 Å². The van der Waals surface area contributed by atoms with Crippen LogP contribution in [0.4, 0.5) is 0 Å². The standard InChI is InChI=1S/C13H17N3S/c14-10-4-7-12-15-16-13(17-12)9-8-11-5-2-1-3-6-11/h1-3,5-6H,4,7-10,14H2. The normalized spacial score (nSPS) is 10.6. The van der Waals surface area contributed by atoms with Crippen LogP contribution in [0.25, 0.3) is 0 Å². The minimum Gasteiger partial charge on any atom is -0.330 e. The second kappa shape index (κ2) is 6.47. The van der Waals surface area contributed by atoms with Crippen LogP contribution >= 0.6 is 11.3 Å². The predicted molar refractivity (Wildman–Crippen MR) is 71.1 cm³/mol. The first-order chi connectivity index (χ1) is 8.38. The Morgan fingerprint density at radius 1 is 0.941 bits per heavy atom. The van der Waals surface area contributed by atoms with E-state index in [4.69, 9.17) is 5.73 Å². The molecule has 1 aromatic heterocycles. The van der Waals surface area contributed by atoms with Crippen molar-refractivity contribution in [2.75, 3.05) is 6.54 Å². The van der Waals surface area contributed by atoms with Crippen LogP contribution in [0, 0.1) is 0 Å². The van der Waals surface area contributed by atoms with Gasteiger partial charge < -0.3 is 5.73 Å². The van der Waals surface area contributed by atoms with Crippen molar-refractivity contribution in [2.24, 2.45) is 5.73 Å². The molecule has 0 spiro atoms. The average Bonchev–Trinajstić information content (AvgIpc) is 2.83. The summed E-state index contributed by atoms with van der Waals surface area (Å²) in [6.07, 6.45) is 3.96. The molecule has 0 bridgehead atoms.